The van der Waals surface area contributed by atoms with E-state index in [1.54, 1.807) is 6.07 Å². The lowest BCUT2D eigenvalue weighted by Gasteiger charge is -2.38. The molecule has 1 heterocycles. The van der Waals surface area contributed by atoms with Gasteiger partial charge in [0.15, 0.2) is 0 Å². The first kappa shape index (κ1) is 17.8. The summed E-state index contributed by atoms with van der Waals surface area (Å²) in [4.78, 5) is 26.0. The van der Waals surface area contributed by atoms with Gasteiger partial charge in [0.2, 0.25) is 5.91 Å². The van der Waals surface area contributed by atoms with Crippen LogP contribution in [0, 0.1) is 0 Å². The molecule has 0 radical (unpaired) electrons. The summed E-state index contributed by atoms with van der Waals surface area (Å²) in [6.45, 7) is -0.633. The van der Waals surface area contributed by atoms with Gasteiger partial charge in [0.05, 0.1) is 17.7 Å². The summed E-state index contributed by atoms with van der Waals surface area (Å²) in [7, 11) is -2.62. The van der Waals surface area contributed by atoms with Crippen molar-refractivity contribution < 1.29 is 28.2 Å². The lowest BCUT2D eigenvalue weighted by molar-refractivity contribution is -0.138. The molecule has 3 rings (SSSR count). The summed E-state index contributed by atoms with van der Waals surface area (Å²) >= 11 is 0. The van der Waals surface area contributed by atoms with Crippen LogP contribution in [-0.4, -0.2) is 71.5 Å². The van der Waals surface area contributed by atoms with Gasteiger partial charge in [-0.2, -0.15) is 0 Å². The highest BCUT2D eigenvalue weighted by Gasteiger charge is 2.43. The second kappa shape index (κ2) is 6.40. The molecule has 1 fully saturated rings. The Hall–Kier alpha value is -1.97. The number of hydrogen-bond donors (Lipinski definition) is 2. The van der Waals surface area contributed by atoms with E-state index in [9.17, 15) is 28.2 Å². The number of rotatable bonds is 3. The van der Waals surface area contributed by atoms with Gasteiger partial charge in [-0.25, -0.2) is 12.7 Å². The molecule has 9 heteroatoms. The van der Waals surface area contributed by atoms with E-state index in [1.165, 1.54) is 30.1 Å². The van der Waals surface area contributed by atoms with Crippen LogP contribution in [-0.2, 0) is 14.8 Å². The molecule has 25 heavy (non-hydrogen) atoms. The van der Waals surface area contributed by atoms with Crippen molar-refractivity contribution in [2.24, 2.45) is 0 Å². The zero-order chi connectivity index (χ0) is 18.4. The van der Waals surface area contributed by atoms with Crippen LogP contribution in [0.2, 0.25) is 0 Å². The highest BCUT2D eigenvalue weighted by molar-refractivity contribution is 7.90. The summed E-state index contributed by atoms with van der Waals surface area (Å²) in [5.41, 5.74) is 0.0473. The minimum Gasteiger partial charge on any atom is -0.390 e. The lowest BCUT2D eigenvalue weighted by Crippen LogP contribution is -2.54. The van der Waals surface area contributed by atoms with Gasteiger partial charge in [-0.05, 0) is 31.4 Å². The van der Waals surface area contributed by atoms with Gasteiger partial charge >= 0.3 is 0 Å². The van der Waals surface area contributed by atoms with Crippen LogP contribution in [0.1, 0.15) is 29.6 Å². The predicted molar refractivity (Wildman–Crippen MR) is 87.1 cm³/mol. The van der Waals surface area contributed by atoms with Gasteiger partial charge in [-0.15, -0.1) is 0 Å². The monoisotopic (exact) mass is 368 g/mol. The Labute approximate surface area is 145 Å². The quantitative estimate of drug-likeness (QED) is 0.748. The van der Waals surface area contributed by atoms with Crippen LogP contribution >= 0.6 is 0 Å². The predicted octanol–water partition coefficient (Wildman–Crippen LogP) is -0.436. The van der Waals surface area contributed by atoms with E-state index in [0.29, 0.717) is 23.6 Å². The minimum atomic E-state index is -4.05. The first-order valence-electron chi connectivity index (χ1n) is 8.03. The van der Waals surface area contributed by atoms with E-state index in [1.807, 2.05) is 0 Å². The fraction of sp³-hybridized carbons (Fsp3) is 0.500. The molecule has 2 aliphatic rings. The second-order valence-corrected chi connectivity index (χ2v) is 8.20. The average Bonchev–Trinajstić information content (AvgIpc) is 2.78. The molecular weight excluding hydrogens is 348 g/mol. The molecule has 0 aromatic heterocycles. The third kappa shape index (κ3) is 2.92. The first-order chi connectivity index (χ1) is 11.7. The lowest BCUT2D eigenvalue weighted by atomic mass is 9.89. The molecule has 0 bridgehead atoms. The van der Waals surface area contributed by atoms with Crippen molar-refractivity contribution in [3.8, 4) is 0 Å². The van der Waals surface area contributed by atoms with Crippen molar-refractivity contribution in [2.75, 3.05) is 13.6 Å². The van der Waals surface area contributed by atoms with E-state index in [2.05, 4.69) is 0 Å². The highest BCUT2D eigenvalue weighted by Crippen LogP contribution is 2.30. The SMILES string of the molecule is CN(C(=O)CN1C(=O)c2ccccc2S1(=O)=O)[C@@H]1CCC[C@@H](O)[C@@H]1O. The molecule has 1 aromatic carbocycles. The molecule has 0 unspecified atom stereocenters. The van der Waals surface area contributed by atoms with E-state index in [0.717, 1.165) is 0 Å². The maximum absolute atomic E-state index is 12.5. The zero-order valence-corrected chi connectivity index (χ0v) is 14.5. The van der Waals surface area contributed by atoms with Gasteiger partial charge in [0, 0.05) is 7.05 Å². The van der Waals surface area contributed by atoms with Crippen molar-refractivity contribution in [3.05, 3.63) is 29.8 Å². The third-order valence-corrected chi connectivity index (χ3v) is 6.66. The number of amides is 2. The van der Waals surface area contributed by atoms with Crippen LogP contribution in [0.15, 0.2) is 29.2 Å². The molecule has 1 aromatic rings. The molecule has 2 N–H and O–H groups in total. The van der Waals surface area contributed by atoms with E-state index < -0.39 is 46.6 Å². The number of fused-ring (bicyclic) bond motifs is 1. The normalized spacial score (nSPS) is 27.9. The summed E-state index contributed by atoms with van der Waals surface area (Å²) < 4.78 is 25.5. The number of nitrogens with zero attached hydrogens (tertiary/aromatic N) is 2. The largest absolute Gasteiger partial charge is 0.390 e. The Kier molecular flexibility index (Phi) is 4.56. The van der Waals surface area contributed by atoms with Crippen molar-refractivity contribution >= 4 is 21.8 Å². The van der Waals surface area contributed by atoms with Crippen LogP contribution in [0.5, 0.6) is 0 Å². The van der Waals surface area contributed by atoms with E-state index in [4.69, 9.17) is 0 Å². The molecule has 8 nitrogen and oxygen atoms in total. The van der Waals surface area contributed by atoms with Crippen molar-refractivity contribution in [3.63, 3.8) is 0 Å². The number of aliphatic hydroxyl groups excluding tert-OH is 2. The summed E-state index contributed by atoms with van der Waals surface area (Å²) in [6.07, 6.45) is -0.413. The van der Waals surface area contributed by atoms with Gasteiger partial charge in [-0.3, -0.25) is 9.59 Å². The third-order valence-electron chi connectivity index (χ3n) is 4.87. The number of carbonyl (C=O) groups is 2. The zero-order valence-electron chi connectivity index (χ0n) is 13.7. The van der Waals surface area contributed by atoms with Crippen LogP contribution in [0.4, 0.5) is 0 Å². The smallest absolute Gasteiger partial charge is 0.269 e. The fourth-order valence-corrected chi connectivity index (χ4v) is 4.88. The molecular formula is C16H20N2O6S. The molecule has 2 amide bonds. The Morgan fingerprint density at radius 3 is 2.64 bits per heavy atom. The van der Waals surface area contributed by atoms with Crippen LogP contribution < -0.4 is 0 Å². The fourth-order valence-electron chi connectivity index (χ4n) is 3.36. The number of carbonyl (C=O) groups excluding carboxylic acids is 2. The molecule has 1 aliphatic carbocycles. The second-order valence-electron chi connectivity index (χ2n) is 6.37. The van der Waals surface area contributed by atoms with Crippen LogP contribution in [0.25, 0.3) is 0 Å². The summed E-state index contributed by atoms with van der Waals surface area (Å²) in [6, 6.07) is 5.20. The number of aliphatic hydroxyl groups is 2. The molecule has 1 saturated carbocycles. The van der Waals surface area contributed by atoms with Gasteiger partial charge in [0.1, 0.15) is 17.5 Å². The molecule has 3 atom stereocenters. The maximum Gasteiger partial charge on any atom is 0.269 e. The Morgan fingerprint density at radius 1 is 1.28 bits per heavy atom. The molecule has 0 spiro atoms. The van der Waals surface area contributed by atoms with Crippen molar-refractivity contribution in [2.45, 2.75) is 42.4 Å². The van der Waals surface area contributed by atoms with Gasteiger partial charge in [-0.1, -0.05) is 12.1 Å². The average molecular weight is 368 g/mol. The number of sulfonamides is 1. The van der Waals surface area contributed by atoms with Crippen LogP contribution in [0.3, 0.4) is 0 Å². The number of benzene rings is 1. The highest BCUT2D eigenvalue weighted by atomic mass is 32.2. The molecule has 0 saturated heterocycles. The minimum absolute atomic E-state index is 0.0473. The van der Waals surface area contributed by atoms with Crippen molar-refractivity contribution in [1.29, 1.82) is 0 Å². The Morgan fingerprint density at radius 2 is 1.96 bits per heavy atom. The summed E-state index contributed by atoms with van der Waals surface area (Å²) in [5.74, 6) is -1.34. The Bertz CT molecular complexity index is 809. The van der Waals surface area contributed by atoms with E-state index in [-0.39, 0.29) is 10.5 Å². The molecule has 1 aliphatic heterocycles. The maximum atomic E-state index is 12.5. The molecule has 136 valence electrons. The Balaban J connectivity index is 1.79. The van der Waals surface area contributed by atoms with Crippen molar-refractivity contribution in [1.82, 2.24) is 9.21 Å². The topological polar surface area (TPSA) is 115 Å². The first-order valence-corrected chi connectivity index (χ1v) is 9.47. The standard InChI is InChI=1S/C16H20N2O6S/c1-17(11-6-4-7-12(19)15(11)21)14(20)9-18-16(22)10-5-2-3-8-13(10)25(18,23)24/h2-3,5,8,11-12,15,19,21H,4,6-7,9H2,1H3/t11-,12-,15-/m1/s1. The van der Waals surface area contributed by atoms with E-state index >= 15 is 0 Å². The van der Waals surface area contributed by atoms with Gasteiger partial charge in [0.25, 0.3) is 15.9 Å². The number of hydrogen-bond acceptors (Lipinski definition) is 6. The summed E-state index contributed by atoms with van der Waals surface area (Å²) in [5, 5.41) is 19.8. The van der Waals surface area contributed by atoms with Gasteiger partial charge < -0.3 is 15.1 Å². The number of likely N-dealkylation sites (N-methyl/N-ethyl adjacent to an activating group) is 1.